The molecule has 1 fully saturated rings. The number of aromatic amines is 1. The van der Waals surface area contributed by atoms with Crippen LogP contribution in [0.5, 0.6) is 0 Å². The Labute approximate surface area is 92.5 Å². The molecule has 0 radical (unpaired) electrons. The fourth-order valence-electron chi connectivity index (χ4n) is 2.01. The van der Waals surface area contributed by atoms with Gasteiger partial charge in [-0.05, 0) is 19.4 Å². The molecular weight excluding hydrogens is 208 g/mol. The third-order valence-electron chi connectivity index (χ3n) is 2.93. The van der Waals surface area contributed by atoms with Crippen LogP contribution < -0.4 is 22.3 Å². The van der Waals surface area contributed by atoms with Crippen LogP contribution in [0.1, 0.15) is 24.4 Å². The molecule has 4 N–H and O–H groups in total. The van der Waals surface area contributed by atoms with Crippen LogP contribution in [0, 0.1) is 0 Å². The van der Waals surface area contributed by atoms with E-state index in [0.29, 0.717) is 5.56 Å². The lowest BCUT2D eigenvalue weighted by molar-refractivity contribution is 0.358. The number of nitrogens with zero attached hydrogens (tertiary/aromatic N) is 1. The van der Waals surface area contributed by atoms with E-state index in [2.05, 4.69) is 10.3 Å². The minimum absolute atomic E-state index is 0.114. The Morgan fingerprint density at radius 1 is 1.50 bits per heavy atom. The number of hydrogen-bond donors (Lipinski definition) is 3. The molecule has 0 amide bonds. The number of aromatic nitrogens is 2. The summed E-state index contributed by atoms with van der Waals surface area (Å²) in [6.45, 7) is 1.89. The fraction of sp³-hybridized carbons (Fsp3) is 0.600. The lowest BCUT2D eigenvalue weighted by atomic mass is 10.1. The number of H-pyrrole nitrogens is 1. The Kier molecular flexibility index (Phi) is 3.21. The van der Waals surface area contributed by atoms with Gasteiger partial charge in [0.25, 0.3) is 5.56 Å². The number of piperidine rings is 1. The zero-order valence-corrected chi connectivity index (χ0v) is 9.03. The highest BCUT2D eigenvalue weighted by Crippen LogP contribution is 2.13. The predicted octanol–water partition coefficient (Wildman–Crippen LogP) is -1.08. The molecular formula is C10H16N4O2. The normalized spacial score (nSPS) is 20.9. The van der Waals surface area contributed by atoms with Crippen molar-refractivity contribution in [3.05, 3.63) is 32.6 Å². The van der Waals surface area contributed by atoms with Crippen molar-refractivity contribution in [3.63, 3.8) is 0 Å². The molecule has 6 nitrogen and oxygen atoms in total. The maximum atomic E-state index is 11.6. The smallest absolute Gasteiger partial charge is 0.326 e. The van der Waals surface area contributed by atoms with Gasteiger partial charge in [0.2, 0.25) is 0 Å². The zero-order valence-electron chi connectivity index (χ0n) is 9.03. The number of nitrogens with one attached hydrogen (secondary N) is 2. The van der Waals surface area contributed by atoms with Gasteiger partial charge in [-0.2, -0.15) is 0 Å². The quantitative estimate of drug-likeness (QED) is 0.595. The van der Waals surface area contributed by atoms with E-state index in [0.717, 1.165) is 25.9 Å². The van der Waals surface area contributed by atoms with E-state index in [1.807, 2.05) is 0 Å². The number of hydrogen-bond acceptors (Lipinski definition) is 4. The fourth-order valence-corrected chi connectivity index (χ4v) is 2.01. The molecule has 1 unspecified atom stereocenters. The Morgan fingerprint density at radius 3 is 2.94 bits per heavy atom. The Balaban J connectivity index is 2.39. The molecule has 0 bridgehead atoms. The number of rotatable bonds is 2. The Bertz CT molecular complexity index is 470. The highest BCUT2D eigenvalue weighted by molar-refractivity contribution is 5.04. The van der Waals surface area contributed by atoms with Crippen LogP contribution in [-0.4, -0.2) is 22.6 Å². The maximum Gasteiger partial charge on any atom is 0.328 e. The standard InChI is InChI=1S/C10H16N4O2/c11-4-7-6-14(10(16)13-9(7)15)8-2-1-3-12-5-8/h6,8,12H,1-5,11H2,(H,13,15,16). The van der Waals surface area contributed by atoms with Gasteiger partial charge in [-0.25, -0.2) is 4.79 Å². The summed E-state index contributed by atoms with van der Waals surface area (Å²) in [7, 11) is 0. The molecule has 1 aliphatic rings. The summed E-state index contributed by atoms with van der Waals surface area (Å²) in [6, 6.07) is 0.114. The summed E-state index contributed by atoms with van der Waals surface area (Å²) < 4.78 is 1.58. The molecule has 1 saturated heterocycles. The third kappa shape index (κ3) is 2.07. The molecule has 0 spiro atoms. The molecule has 2 rings (SSSR count). The van der Waals surface area contributed by atoms with Crippen molar-refractivity contribution in [3.8, 4) is 0 Å². The molecule has 2 heterocycles. The van der Waals surface area contributed by atoms with Crippen molar-refractivity contribution in [1.29, 1.82) is 0 Å². The van der Waals surface area contributed by atoms with Crippen molar-refractivity contribution in [2.75, 3.05) is 13.1 Å². The Hall–Kier alpha value is -1.40. The van der Waals surface area contributed by atoms with E-state index in [1.165, 1.54) is 0 Å². The first kappa shape index (κ1) is 11.1. The average molecular weight is 224 g/mol. The van der Waals surface area contributed by atoms with E-state index in [-0.39, 0.29) is 23.8 Å². The van der Waals surface area contributed by atoms with Gasteiger partial charge in [0.05, 0.1) is 6.04 Å². The largest absolute Gasteiger partial charge is 0.328 e. The molecule has 0 aliphatic carbocycles. The van der Waals surface area contributed by atoms with Crippen molar-refractivity contribution in [1.82, 2.24) is 14.9 Å². The topological polar surface area (TPSA) is 92.9 Å². The lowest BCUT2D eigenvalue weighted by Crippen LogP contribution is -2.40. The predicted molar refractivity (Wildman–Crippen MR) is 60.4 cm³/mol. The first-order valence-electron chi connectivity index (χ1n) is 5.47. The van der Waals surface area contributed by atoms with Crippen LogP contribution in [0.25, 0.3) is 0 Å². The molecule has 0 aromatic carbocycles. The second-order valence-electron chi connectivity index (χ2n) is 4.03. The monoisotopic (exact) mass is 224 g/mol. The Morgan fingerprint density at radius 2 is 2.31 bits per heavy atom. The minimum atomic E-state index is -0.382. The summed E-state index contributed by atoms with van der Waals surface area (Å²) in [6.07, 6.45) is 3.57. The first-order valence-corrected chi connectivity index (χ1v) is 5.47. The van der Waals surface area contributed by atoms with E-state index < -0.39 is 0 Å². The second-order valence-corrected chi connectivity index (χ2v) is 4.03. The van der Waals surface area contributed by atoms with Crippen LogP contribution >= 0.6 is 0 Å². The van der Waals surface area contributed by atoms with Crippen molar-refractivity contribution in [2.24, 2.45) is 5.73 Å². The molecule has 1 atom stereocenters. The molecule has 16 heavy (non-hydrogen) atoms. The molecule has 1 aliphatic heterocycles. The average Bonchev–Trinajstić information content (AvgIpc) is 2.30. The van der Waals surface area contributed by atoms with E-state index in [9.17, 15) is 9.59 Å². The lowest BCUT2D eigenvalue weighted by Gasteiger charge is -2.24. The van der Waals surface area contributed by atoms with Gasteiger partial charge >= 0.3 is 5.69 Å². The van der Waals surface area contributed by atoms with Crippen LogP contribution in [-0.2, 0) is 6.54 Å². The van der Waals surface area contributed by atoms with Gasteiger partial charge < -0.3 is 11.1 Å². The summed E-state index contributed by atoms with van der Waals surface area (Å²) >= 11 is 0. The molecule has 1 aromatic heterocycles. The summed E-state index contributed by atoms with van der Waals surface area (Å²) in [5.41, 5.74) is 5.16. The van der Waals surface area contributed by atoms with Crippen molar-refractivity contribution >= 4 is 0 Å². The second kappa shape index (κ2) is 4.63. The van der Waals surface area contributed by atoms with Gasteiger partial charge in [0.1, 0.15) is 0 Å². The summed E-state index contributed by atoms with van der Waals surface area (Å²) in [5, 5.41) is 3.23. The van der Waals surface area contributed by atoms with E-state index >= 15 is 0 Å². The van der Waals surface area contributed by atoms with E-state index in [1.54, 1.807) is 10.8 Å². The first-order chi connectivity index (χ1) is 7.72. The maximum absolute atomic E-state index is 11.6. The van der Waals surface area contributed by atoms with Gasteiger partial charge in [-0.15, -0.1) is 0 Å². The van der Waals surface area contributed by atoms with Gasteiger partial charge in [-0.3, -0.25) is 14.3 Å². The van der Waals surface area contributed by atoms with E-state index in [4.69, 9.17) is 5.73 Å². The molecule has 0 saturated carbocycles. The molecule has 6 heteroatoms. The van der Waals surface area contributed by atoms with Crippen molar-refractivity contribution in [2.45, 2.75) is 25.4 Å². The summed E-state index contributed by atoms with van der Waals surface area (Å²) in [4.78, 5) is 25.3. The van der Waals surface area contributed by atoms with Crippen LogP contribution in [0.3, 0.4) is 0 Å². The molecule has 88 valence electrons. The van der Waals surface area contributed by atoms with Crippen LogP contribution in [0.15, 0.2) is 15.8 Å². The van der Waals surface area contributed by atoms with Gasteiger partial charge in [0, 0.05) is 24.8 Å². The SMILES string of the molecule is NCc1cn(C2CCCNC2)c(=O)[nH]c1=O. The van der Waals surface area contributed by atoms with Crippen LogP contribution in [0.4, 0.5) is 0 Å². The van der Waals surface area contributed by atoms with Crippen LogP contribution in [0.2, 0.25) is 0 Å². The van der Waals surface area contributed by atoms with Gasteiger partial charge in [0.15, 0.2) is 0 Å². The van der Waals surface area contributed by atoms with Crippen molar-refractivity contribution < 1.29 is 0 Å². The minimum Gasteiger partial charge on any atom is -0.326 e. The van der Waals surface area contributed by atoms with Gasteiger partial charge in [-0.1, -0.05) is 0 Å². The third-order valence-corrected chi connectivity index (χ3v) is 2.93. The molecule has 1 aromatic rings. The number of nitrogens with two attached hydrogens (primary N) is 1. The zero-order chi connectivity index (χ0) is 11.5. The highest BCUT2D eigenvalue weighted by Gasteiger charge is 2.16. The summed E-state index contributed by atoms with van der Waals surface area (Å²) in [5.74, 6) is 0. The highest BCUT2D eigenvalue weighted by atomic mass is 16.2.